The first-order valence-electron chi connectivity index (χ1n) is 8.63. The van der Waals surface area contributed by atoms with Gasteiger partial charge in [-0.2, -0.15) is 0 Å². The smallest absolute Gasteiger partial charge is 0.214 e. The molecule has 25 heavy (non-hydrogen) atoms. The second kappa shape index (κ2) is 7.59. The van der Waals surface area contributed by atoms with E-state index in [2.05, 4.69) is 32.3 Å². The lowest BCUT2D eigenvalue weighted by Crippen LogP contribution is -2.39. The Morgan fingerprint density at radius 1 is 1.36 bits per heavy atom. The summed E-state index contributed by atoms with van der Waals surface area (Å²) >= 11 is 0. The molecule has 1 fully saturated rings. The predicted octanol–water partition coefficient (Wildman–Crippen LogP) is 2.86. The van der Waals surface area contributed by atoms with E-state index in [4.69, 9.17) is 9.15 Å². The second-order valence-corrected chi connectivity index (χ2v) is 6.35. The molecule has 1 N–H and O–H groups in total. The molecule has 0 spiro atoms. The minimum Gasteiger partial charge on any atom is -0.497 e. The molecule has 6 nitrogen and oxygen atoms in total. The highest BCUT2D eigenvalue weighted by Gasteiger charge is 2.26. The van der Waals surface area contributed by atoms with Crippen LogP contribution in [0.25, 0.3) is 0 Å². The molecular weight excluding hydrogens is 316 g/mol. The third kappa shape index (κ3) is 3.95. The number of benzene rings is 1. The lowest BCUT2D eigenvalue weighted by molar-refractivity contribution is 0.414. The van der Waals surface area contributed by atoms with Gasteiger partial charge in [-0.3, -0.25) is 4.99 Å². The Hall–Kier alpha value is -2.50. The molecule has 1 aliphatic rings. The molecule has 1 aromatic heterocycles. The van der Waals surface area contributed by atoms with Gasteiger partial charge in [0.15, 0.2) is 5.96 Å². The predicted molar refractivity (Wildman–Crippen MR) is 98.1 cm³/mol. The second-order valence-electron chi connectivity index (χ2n) is 6.35. The summed E-state index contributed by atoms with van der Waals surface area (Å²) < 4.78 is 10.9. The highest BCUT2D eigenvalue weighted by atomic mass is 16.5. The van der Waals surface area contributed by atoms with Gasteiger partial charge in [0.2, 0.25) is 5.89 Å². The zero-order valence-electron chi connectivity index (χ0n) is 15.4. The molecule has 2 aromatic rings. The SMILES string of the molecule is CN=C(NCc1nc(C)c(C)o1)N1CCC(c2ccc(OC)cc2)C1. The Labute approximate surface area is 148 Å². The molecule has 1 aliphatic heterocycles. The summed E-state index contributed by atoms with van der Waals surface area (Å²) in [4.78, 5) is 11.1. The van der Waals surface area contributed by atoms with Gasteiger partial charge >= 0.3 is 0 Å². The number of oxazole rings is 1. The van der Waals surface area contributed by atoms with Crippen molar-refractivity contribution < 1.29 is 9.15 Å². The van der Waals surface area contributed by atoms with Gasteiger partial charge in [-0.05, 0) is 38.0 Å². The Morgan fingerprint density at radius 2 is 2.12 bits per heavy atom. The number of nitrogens with zero attached hydrogens (tertiary/aromatic N) is 3. The van der Waals surface area contributed by atoms with Crippen molar-refractivity contribution in [3.05, 3.63) is 47.2 Å². The van der Waals surface area contributed by atoms with Crippen molar-refractivity contribution in [3.63, 3.8) is 0 Å². The van der Waals surface area contributed by atoms with Crippen LogP contribution in [-0.4, -0.2) is 43.1 Å². The zero-order chi connectivity index (χ0) is 17.8. The normalized spacial score (nSPS) is 17.8. The van der Waals surface area contributed by atoms with E-state index in [0.717, 1.165) is 42.7 Å². The average molecular weight is 342 g/mol. The maximum atomic E-state index is 5.63. The van der Waals surface area contributed by atoms with Gasteiger partial charge in [0.25, 0.3) is 0 Å². The third-order valence-electron chi connectivity index (χ3n) is 4.76. The van der Waals surface area contributed by atoms with Gasteiger partial charge in [-0.1, -0.05) is 12.1 Å². The van der Waals surface area contributed by atoms with Crippen LogP contribution < -0.4 is 10.1 Å². The molecule has 3 rings (SSSR count). The van der Waals surface area contributed by atoms with Gasteiger partial charge in [0, 0.05) is 26.1 Å². The molecule has 6 heteroatoms. The van der Waals surface area contributed by atoms with E-state index in [0.29, 0.717) is 18.4 Å². The summed E-state index contributed by atoms with van der Waals surface area (Å²) in [5.74, 6) is 3.86. The molecule has 0 amide bonds. The van der Waals surface area contributed by atoms with E-state index in [1.165, 1.54) is 5.56 Å². The molecular formula is C19H26N4O2. The van der Waals surface area contributed by atoms with Crippen molar-refractivity contribution in [1.82, 2.24) is 15.2 Å². The minimum absolute atomic E-state index is 0.510. The van der Waals surface area contributed by atoms with E-state index in [1.54, 1.807) is 7.11 Å². The van der Waals surface area contributed by atoms with Gasteiger partial charge in [0.05, 0.1) is 19.3 Å². The summed E-state index contributed by atoms with van der Waals surface area (Å²) in [5.41, 5.74) is 2.28. The lowest BCUT2D eigenvalue weighted by Gasteiger charge is -2.21. The summed E-state index contributed by atoms with van der Waals surface area (Å²) in [5, 5.41) is 3.36. The van der Waals surface area contributed by atoms with E-state index in [-0.39, 0.29) is 0 Å². The molecule has 1 atom stereocenters. The minimum atomic E-state index is 0.510. The van der Waals surface area contributed by atoms with E-state index >= 15 is 0 Å². The Balaban J connectivity index is 1.59. The number of hydrogen-bond donors (Lipinski definition) is 1. The van der Waals surface area contributed by atoms with Crippen molar-refractivity contribution in [2.24, 2.45) is 4.99 Å². The summed E-state index contributed by atoms with van der Waals surface area (Å²) in [6, 6.07) is 8.36. The topological polar surface area (TPSA) is 62.9 Å². The van der Waals surface area contributed by atoms with Crippen LogP contribution >= 0.6 is 0 Å². The number of ether oxygens (including phenoxy) is 1. The molecule has 0 saturated carbocycles. The van der Waals surface area contributed by atoms with Crippen molar-refractivity contribution in [2.75, 3.05) is 27.2 Å². The van der Waals surface area contributed by atoms with E-state index < -0.39 is 0 Å². The van der Waals surface area contributed by atoms with Crippen molar-refractivity contribution in [2.45, 2.75) is 32.7 Å². The van der Waals surface area contributed by atoms with Crippen LogP contribution in [0, 0.1) is 13.8 Å². The van der Waals surface area contributed by atoms with E-state index in [1.807, 2.05) is 33.0 Å². The third-order valence-corrected chi connectivity index (χ3v) is 4.76. The maximum Gasteiger partial charge on any atom is 0.214 e. The van der Waals surface area contributed by atoms with Crippen LogP contribution in [0.4, 0.5) is 0 Å². The number of hydrogen-bond acceptors (Lipinski definition) is 4. The van der Waals surface area contributed by atoms with Crippen LogP contribution in [0.3, 0.4) is 0 Å². The molecule has 0 aliphatic carbocycles. The number of rotatable bonds is 4. The number of likely N-dealkylation sites (tertiary alicyclic amines) is 1. The van der Waals surface area contributed by atoms with Crippen molar-refractivity contribution in [1.29, 1.82) is 0 Å². The largest absolute Gasteiger partial charge is 0.497 e. The molecule has 0 radical (unpaired) electrons. The van der Waals surface area contributed by atoms with Crippen molar-refractivity contribution >= 4 is 5.96 Å². The Kier molecular flexibility index (Phi) is 5.26. The van der Waals surface area contributed by atoms with Crippen LogP contribution in [-0.2, 0) is 6.54 Å². The fraction of sp³-hybridized carbons (Fsp3) is 0.474. The number of aliphatic imine (C=N–C) groups is 1. The highest BCUT2D eigenvalue weighted by Crippen LogP contribution is 2.28. The van der Waals surface area contributed by atoms with Gasteiger partial charge in [0.1, 0.15) is 11.5 Å². The van der Waals surface area contributed by atoms with Crippen LogP contribution in [0.5, 0.6) is 5.75 Å². The van der Waals surface area contributed by atoms with Gasteiger partial charge < -0.3 is 19.4 Å². The number of guanidine groups is 1. The van der Waals surface area contributed by atoms with Crippen LogP contribution in [0.15, 0.2) is 33.7 Å². The molecule has 1 aromatic carbocycles. The Bertz CT molecular complexity index is 717. The quantitative estimate of drug-likeness (QED) is 0.684. The van der Waals surface area contributed by atoms with Gasteiger partial charge in [-0.15, -0.1) is 0 Å². The first kappa shape index (κ1) is 17.3. The molecule has 1 unspecified atom stereocenters. The number of methoxy groups -OCH3 is 1. The number of nitrogens with one attached hydrogen (secondary N) is 1. The van der Waals surface area contributed by atoms with Crippen molar-refractivity contribution in [3.8, 4) is 5.75 Å². The number of aromatic nitrogens is 1. The van der Waals surface area contributed by atoms with Crippen LogP contribution in [0.2, 0.25) is 0 Å². The molecule has 0 bridgehead atoms. The van der Waals surface area contributed by atoms with E-state index in [9.17, 15) is 0 Å². The zero-order valence-corrected chi connectivity index (χ0v) is 15.4. The highest BCUT2D eigenvalue weighted by molar-refractivity contribution is 5.80. The summed E-state index contributed by atoms with van der Waals surface area (Å²) in [6.45, 7) is 6.37. The number of aryl methyl sites for hydroxylation is 2. The fourth-order valence-electron chi connectivity index (χ4n) is 3.20. The molecule has 2 heterocycles. The average Bonchev–Trinajstić information content (AvgIpc) is 3.23. The fourth-order valence-corrected chi connectivity index (χ4v) is 3.20. The summed E-state index contributed by atoms with van der Waals surface area (Å²) in [7, 11) is 3.51. The summed E-state index contributed by atoms with van der Waals surface area (Å²) in [6.07, 6.45) is 1.12. The molecule has 1 saturated heterocycles. The standard InChI is InChI=1S/C19H26N4O2/c1-13-14(2)25-18(22-13)11-21-19(20-3)23-10-9-16(12-23)15-5-7-17(24-4)8-6-15/h5-8,16H,9-12H2,1-4H3,(H,20,21). The van der Waals surface area contributed by atoms with Crippen LogP contribution in [0.1, 0.15) is 35.2 Å². The monoisotopic (exact) mass is 342 g/mol. The Morgan fingerprint density at radius 3 is 2.72 bits per heavy atom. The van der Waals surface area contributed by atoms with Gasteiger partial charge in [-0.25, -0.2) is 4.98 Å². The lowest BCUT2D eigenvalue weighted by atomic mass is 9.98. The first-order valence-corrected chi connectivity index (χ1v) is 8.63. The molecule has 134 valence electrons. The maximum absolute atomic E-state index is 5.63. The first-order chi connectivity index (χ1) is 12.1.